The summed E-state index contributed by atoms with van der Waals surface area (Å²) >= 11 is 0. The summed E-state index contributed by atoms with van der Waals surface area (Å²) in [7, 11) is 0. The number of hydrogen-bond acceptors (Lipinski definition) is 3. The third kappa shape index (κ3) is 4.33. The number of rotatable bonds is 5. The van der Waals surface area contributed by atoms with Gasteiger partial charge < -0.3 is 10.2 Å². The highest BCUT2D eigenvalue weighted by Crippen LogP contribution is 2.18. The highest BCUT2D eigenvalue weighted by Gasteiger charge is 2.21. The van der Waals surface area contributed by atoms with Crippen LogP contribution in [0.4, 0.5) is 0 Å². The number of piperazine rings is 1. The molecule has 1 aliphatic heterocycles. The van der Waals surface area contributed by atoms with E-state index in [0.29, 0.717) is 12.5 Å². The van der Waals surface area contributed by atoms with Crippen LogP contribution < -0.4 is 5.32 Å². The first-order chi connectivity index (χ1) is 12.4. The molecule has 1 saturated heterocycles. The Hall–Kier alpha value is -2.14. The van der Waals surface area contributed by atoms with Crippen LogP contribution in [0.3, 0.4) is 0 Å². The third-order valence-corrected chi connectivity index (χ3v) is 5.29. The molecule has 1 fully saturated rings. The highest BCUT2D eigenvalue weighted by atomic mass is 16.2. The van der Waals surface area contributed by atoms with Crippen molar-refractivity contribution in [2.75, 3.05) is 19.6 Å². The van der Waals surface area contributed by atoms with Crippen molar-refractivity contribution in [3.8, 4) is 0 Å². The Kier molecular flexibility index (Phi) is 5.77. The molecule has 2 aromatic rings. The minimum Gasteiger partial charge on any atom is -0.340 e. The molecule has 1 N–H and O–H groups in total. The number of benzene rings is 1. The van der Waals surface area contributed by atoms with Crippen molar-refractivity contribution in [2.24, 2.45) is 0 Å². The topological polar surface area (TPSA) is 50.2 Å². The Bertz CT molecular complexity index is 763. The molecule has 5 nitrogen and oxygen atoms in total. The van der Waals surface area contributed by atoms with Gasteiger partial charge >= 0.3 is 0 Å². The van der Waals surface area contributed by atoms with Crippen molar-refractivity contribution in [1.29, 1.82) is 0 Å². The van der Waals surface area contributed by atoms with Gasteiger partial charge in [-0.05, 0) is 45.2 Å². The second-order valence-corrected chi connectivity index (χ2v) is 7.49. The maximum Gasteiger partial charge on any atom is 0.223 e. The number of nitrogens with one attached hydrogen (secondary N) is 1. The summed E-state index contributed by atoms with van der Waals surface area (Å²) in [5.74, 6) is 0.253. The average Bonchev–Trinajstić information content (AvgIpc) is 2.88. The molecule has 1 aliphatic rings. The molecule has 0 radical (unpaired) electrons. The molecule has 1 aromatic carbocycles. The summed E-state index contributed by atoms with van der Waals surface area (Å²) in [6.45, 7) is 11.7. The van der Waals surface area contributed by atoms with Crippen molar-refractivity contribution >= 4 is 5.91 Å². The maximum absolute atomic E-state index is 12.5. The predicted octanol–water partition coefficient (Wildman–Crippen LogP) is 2.61. The van der Waals surface area contributed by atoms with Gasteiger partial charge in [-0.15, -0.1) is 0 Å². The summed E-state index contributed by atoms with van der Waals surface area (Å²) in [4.78, 5) is 14.5. The quantitative estimate of drug-likeness (QED) is 0.898. The molecule has 26 heavy (non-hydrogen) atoms. The fourth-order valence-electron chi connectivity index (χ4n) is 3.67. The van der Waals surface area contributed by atoms with Crippen LogP contribution in [0, 0.1) is 20.8 Å². The summed E-state index contributed by atoms with van der Waals surface area (Å²) < 4.78 is 2.06. The molecule has 1 aromatic heterocycles. The molecule has 2 heterocycles. The standard InChI is InChI=1S/C21H30N4O/c1-15-5-7-19(8-6-15)14-25-18(4)20(17(3)23-25)9-10-21(26)24-12-11-22-16(2)13-24/h5-8,16,22H,9-14H2,1-4H3/t16-/m1/s1. The maximum atomic E-state index is 12.5. The Labute approximate surface area is 156 Å². The minimum atomic E-state index is 0.253. The summed E-state index contributed by atoms with van der Waals surface area (Å²) in [6, 6.07) is 8.96. The fourth-order valence-corrected chi connectivity index (χ4v) is 3.67. The fraction of sp³-hybridized carbons (Fsp3) is 0.524. The summed E-state index contributed by atoms with van der Waals surface area (Å²) in [6.07, 6.45) is 1.33. The molecule has 5 heteroatoms. The minimum absolute atomic E-state index is 0.253. The summed E-state index contributed by atoms with van der Waals surface area (Å²) in [5, 5.41) is 8.09. The van der Waals surface area contributed by atoms with Gasteiger partial charge in [-0.1, -0.05) is 29.8 Å². The zero-order valence-corrected chi connectivity index (χ0v) is 16.4. The van der Waals surface area contributed by atoms with Crippen LogP contribution in [0.5, 0.6) is 0 Å². The monoisotopic (exact) mass is 354 g/mol. The van der Waals surface area contributed by atoms with E-state index >= 15 is 0 Å². The van der Waals surface area contributed by atoms with Crippen LogP contribution in [-0.2, 0) is 17.8 Å². The number of aryl methyl sites for hydroxylation is 2. The van der Waals surface area contributed by atoms with Crippen molar-refractivity contribution in [2.45, 2.75) is 53.1 Å². The summed E-state index contributed by atoms with van der Waals surface area (Å²) in [5.41, 5.74) is 5.94. The third-order valence-electron chi connectivity index (χ3n) is 5.29. The molecule has 1 amide bonds. The predicted molar refractivity (Wildman–Crippen MR) is 104 cm³/mol. The SMILES string of the molecule is Cc1ccc(Cn2nc(C)c(CCC(=O)N3CCN[C@H](C)C3)c2C)cc1. The molecule has 0 unspecified atom stereocenters. The van der Waals surface area contributed by atoms with E-state index in [1.165, 1.54) is 22.4 Å². The molecule has 3 rings (SSSR count). The van der Waals surface area contributed by atoms with E-state index in [1.54, 1.807) is 0 Å². The van der Waals surface area contributed by atoms with E-state index in [4.69, 9.17) is 5.10 Å². The Morgan fingerprint density at radius 1 is 1.23 bits per heavy atom. The van der Waals surface area contributed by atoms with Crippen LogP contribution in [0.25, 0.3) is 0 Å². The van der Waals surface area contributed by atoms with Crippen molar-refractivity contribution < 1.29 is 4.79 Å². The number of amides is 1. The van der Waals surface area contributed by atoms with E-state index in [9.17, 15) is 4.79 Å². The number of carbonyl (C=O) groups excluding carboxylic acids is 1. The zero-order chi connectivity index (χ0) is 18.7. The van der Waals surface area contributed by atoms with Gasteiger partial charge in [-0.25, -0.2) is 0 Å². The molecule has 1 atom stereocenters. The number of hydrogen-bond donors (Lipinski definition) is 1. The lowest BCUT2D eigenvalue weighted by Gasteiger charge is -2.32. The first-order valence-electron chi connectivity index (χ1n) is 9.53. The van der Waals surface area contributed by atoms with Crippen molar-refractivity contribution in [1.82, 2.24) is 20.0 Å². The normalized spacial score (nSPS) is 17.5. The van der Waals surface area contributed by atoms with Gasteiger partial charge in [-0.2, -0.15) is 5.10 Å². The van der Waals surface area contributed by atoms with Gasteiger partial charge in [0.25, 0.3) is 0 Å². The largest absolute Gasteiger partial charge is 0.340 e. The lowest BCUT2D eigenvalue weighted by molar-refractivity contribution is -0.132. The van der Waals surface area contributed by atoms with Gasteiger partial charge in [0.1, 0.15) is 0 Å². The number of nitrogens with zero attached hydrogens (tertiary/aromatic N) is 3. The van der Waals surface area contributed by atoms with Crippen LogP contribution in [0.1, 0.15) is 41.4 Å². The molecule has 0 aliphatic carbocycles. The first kappa shape index (κ1) is 18.6. The van der Waals surface area contributed by atoms with Gasteiger partial charge in [-0.3, -0.25) is 9.48 Å². The molecule has 0 saturated carbocycles. The van der Waals surface area contributed by atoms with E-state index < -0.39 is 0 Å². The lowest BCUT2D eigenvalue weighted by Crippen LogP contribution is -2.51. The molecule has 0 spiro atoms. The van der Waals surface area contributed by atoms with Crippen molar-refractivity contribution in [3.05, 3.63) is 52.3 Å². The molecule has 140 valence electrons. The lowest BCUT2D eigenvalue weighted by atomic mass is 10.1. The van der Waals surface area contributed by atoms with Gasteiger partial charge in [0, 0.05) is 37.8 Å². The number of carbonyl (C=O) groups is 1. The molecular weight excluding hydrogens is 324 g/mol. The smallest absolute Gasteiger partial charge is 0.223 e. The van der Waals surface area contributed by atoms with Crippen LogP contribution in [0.2, 0.25) is 0 Å². The molecule has 0 bridgehead atoms. The number of aromatic nitrogens is 2. The van der Waals surface area contributed by atoms with E-state index in [1.807, 2.05) is 11.8 Å². The highest BCUT2D eigenvalue weighted by molar-refractivity contribution is 5.76. The Morgan fingerprint density at radius 3 is 2.65 bits per heavy atom. The zero-order valence-electron chi connectivity index (χ0n) is 16.4. The van der Waals surface area contributed by atoms with Gasteiger partial charge in [0.2, 0.25) is 5.91 Å². The average molecular weight is 354 g/mol. The van der Waals surface area contributed by atoms with Crippen LogP contribution in [-0.4, -0.2) is 46.3 Å². The van der Waals surface area contributed by atoms with Gasteiger partial charge in [0.15, 0.2) is 0 Å². The van der Waals surface area contributed by atoms with Crippen molar-refractivity contribution in [3.63, 3.8) is 0 Å². The molecular formula is C21H30N4O. The van der Waals surface area contributed by atoms with E-state index in [-0.39, 0.29) is 5.91 Å². The second kappa shape index (κ2) is 8.04. The van der Waals surface area contributed by atoms with E-state index in [0.717, 1.165) is 38.3 Å². The Balaban J connectivity index is 1.64. The van der Waals surface area contributed by atoms with E-state index in [2.05, 4.69) is 55.0 Å². The first-order valence-corrected chi connectivity index (χ1v) is 9.53. The van der Waals surface area contributed by atoms with Crippen LogP contribution >= 0.6 is 0 Å². The van der Waals surface area contributed by atoms with Crippen LogP contribution in [0.15, 0.2) is 24.3 Å². The second-order valence-electron chi connectivity index (χ2n) is 7.49. The van der Waals surface area contributed by atoms with Gasteiger partial charge in [0.05, 0.1) is 12.2 Å². The Morgan fingerprint density at radius 2 is 1.96 bits per heavy atom.